The van der Waals surface area contributed by atoms with Crippen molar-refractivity contribution in [1.82, 2.24) is 4.57 Å². The van der Waals surface area contributed by atoms with Gasteiger partial charge in [-0.3, -0.25) is 0 Å². The summed E-state index contributed by atoms with van der Waals surface area (Å²) < 4.78 is 10.4. The SMILES string of the molecule is CCc1cn2c3c(cc(C(=O)OC)cc13)NSCC2. The van der Waals surface area contributed by atoms with Gasteiger partial charge >= 0.3 is 5.97 Å². The van der Waals surface area contributed by atoms with Gasteiger partial charge in [0, 0.05) is 23.9 Å². The second kappa shape index (κ2) is 4.81. The molecule has 0 spiro atoms. The highest BCUT2D eigenvalue weighted by atomic mass is 32.2. The number of carbonyl (C=O) groups is 1. The molecule has 0 unspecified atom stereocenters. The molecule has 19 heavy (non-hydrogen) atoms. The predicted octanol–water partition coefficient (Wildman–Crippen LogP) is 3.06. The number of aromatic nitrogens is 1. The standard InChI is InChI=1S/C14H16N2O2S/c1-3-9-8-16-4-5-19-15-12-7-10(14(17)18-2)6-11(9)13(12)16/h6-8,15H,3-5H2,1-2H3. The fourth-order valence-corrected chi connectivity index (χ4v) is 3.26. The fraction of sp³-hybridized carbons (Fsp3) is 0.357. The summed E-state index contributed by atoms with van der Waals surface area (Å²) in [4.78, 5) is 11.8. The Hall–Kier alpha value is -1.62. The number of methoxy groups -OCH3 is 1. The lowest BCUT2D eigenvalue weighted by molar-refractivity contribution is 0.0601. The molecule has 0 saturated heterocycles. The molecule has 5 heteroatoms. The van der Waals surface area contributed by atoms with Gasteiger partial charge < -0.3 is 14.0 Å². The third-order valence-corrected chi connectivity index (χ3v) is 4.22. The van der Waals surface area contributed by atoms with Crippen molar-refractivity contribution in [3.05, 3.63) is 29.5 Å². The number of aryl methyl sites for hydroxylation is 2. The molecule has 3 rings (SSSR count). The van der Waals surface area contributed by atoms with E-state index in [9.17, 15) is 4.79 Å². The van der Waals surface area contributed by atoms with E-state index in [4.69, 9.17) is 4.74 Å². The minimum Gasteiger partial charge on any atom is -0.465 e. The van der Waals surface area contributed by atoms with Crippen LogP contribution in [-0.4, -0.2) is 23.4 Å². The van der Waals surface area contributed by atoms with Crippen LogP contribution in [0, 0.1) is 0 Å². The van der Waals surface area contributed by atoms with Crippen LogP contribution in [-0.2, 0) is 17.7 Å². The summed E-state index contributed by atoms with van der Waals surface area (Å²) in [7, 11) is 1.42. The topological polar surface area (TPSA) is 43.3 Å². The summed E-state index contributed by atoms with van der Waals surface area (Å²) in [6.45, 7) is 3.12. The zero-order valence-corrected chi connectivity index (χ0v) is 11.8. The Kier molecular flexibility index (Phi) is 3.14. The van der Waals surface area contributed by atoms with Crippen LogP contribution in [0.4, 0.5) is 5.69 Å². The highest BCUT2D eigenvalue weighted by Gasteiger charge is 2.18. The van der Waals surface area contributed by atoms with Crippen LogP contribution in [0.25, 0.3) is 10.9 Å². The monoisotopic (exact) mass is 276 g/mol. The molecule has 0 aliphatic carbocycles. The van der Waals surface area contributed by atoms with E-state index in [1.165, 1.54) is 18.2 Å². The molecule has 0 radical (unpaired) electrons. The summed E-state index contributed by atoms with van der Waals surface area (Å²) in [6.07, 6.45) is 3.16. The lowest BCUT2D eigenvalue weighted by Crippen LogP contribution is -2.02. The maximum Gasteiger partial charge on any atom is 0.337 e. The molecule has 1 aromatic heterocycles. The number of rotatable bonds is 2. The van der Waals surface area contributed by atoms with Crippen LogP contribution in [0.2, 0.25) is 0 Å². The number of benzene rings is 1. The molecule has 0 bridgehead atoms. The van der Waals surface area contributed by atoms with Crippen molar-refractivity contribution in [2.45, 2.75) is 19.9 Å². The zero-order chi connectivity index (χ0) is 13.4. The smallest absolute Gasteiger partial charge is 0.337 e. The van der Waals surface area contributed by atoms with E-state index in [0.717, 1.165) is 29.8 Å². The average molecular weight is 276 g/mol. The minimum atomic E-state index is -0.288. The fourth-order valence-electron chi connectivity index (χ4n) is 2.56. The first-order valence-electron chi connectivity index (χ1n) is 6.36. The molecule has 2 aromatic rings. The van der Waals surface area contributed by atoms with Gasteiger partial charge in [-0.05, 0) is 24.1 Å². The van der Waals surface area contributed by atoms with Crippen molar-refractivity contribution in [2.75, 3.05) is 17.6 Å². The van der Waals surface area contributed by atoms with Crippen molar-refractivity contribution in [1.29, 1.82) is 0 Å². The number of anilines is 1. The molecular formula is C14H16N2O2S. The normalized spacial score (nSPS) is 14.0. The van der Waals surface area contributed by atoms with Gasteiger partial charge in [0.15, 0.2) is 0 Å². The summed E-state index contributed by atoms with van der Waals surface area (Å²) in [5.74, 6) is 0.721. The summed E-state index contributed by atoms with van der Waals surface area (Å²) in [5, 5.41) is 1.15. The molecule has 0 amide bonds. The van der Waals surface area contributed by atoms with E-state index in [1.807, 2.05) is 12.1 Å². The largest absolute Gasteiger partial charge is 0.465 e. The molecule has 0 saturated carbocycles. The van der Waals surface area contributed by atoms with Gasteiger partial charge in [-0.1, -0.05) is 18.9 Å². The van der Waals surface area contributed by atoms with Crippen molar-refractivity contribution in [3.63, 3.8) is 0 Å². The van der Waals surface area contributed by atoms with Gasteiger partial charge in [-0.25, -0.2) is 4.79 Å². The first-order valence-corrected chi connectivity index (χ1v) is 7.35. The summed E-state index contributed by atoms with van der Waals surface area (Å²) in [6, 6.07) is 3.82. The molecule has 1 aromatic carbocycles. The maximum absolute atomic E-state index is 11.8. The summed E-state index contributed by atoms with van der Waals surface area (Å²) in [5.41, 5.74) is 4.07. The Morgan fingerprint density at radius 1 is 1.53 bits per heavy atom. The van der Waals surface area contributed by atoms with Crippen molar-refractivity contribution < 1.29 is 9.53 Å². The molecule has 1 aliphatic heterocycles. The predicted molar refractivity (Wildman–Crippen MR) is 78.7 cm³/mol. The van der Waals surface area contributed by atoms with Crippen molar-refractivity contribution in [2.24, 2.45) is 0 Å². The van der Waals surface area contributed by atoms with E-state index >= 15 is 0 Å². The maximum atomic E-state index is 11.8. The number of hydrogen-bond acceptors (Lipinski definition) is 4. The van der Waals surface area contributed by atoms with Gasteiger partial charge in [0.1, 0.15) is 0 Å². The number of ether oxygens (including phenoxy) is 1. The van der Waals surface area contributed by atoms with Crippen LogP contribution >= 0.6 is 11.9 Å². The van der Waals surface area contributed by atoms with E-state index in [0.29, 0.717) is 5.56 Å². The number of nitrogens with zero attached hydrogens (tertiary/aromatic N) is 1. The van der Waals surface area contributed by atoms with E-state index < -0.39 is 0 Å². The van der Waals surface area contributed by atoms with Crippen molar-refractivity contribution >= 4 is 34.5 Å². The van der Waals surface area contributed by atoms with E-state index in [2.05, 4.69) is 22.4 Å². The Morgan fingerprint density at radius 2 is 2.37 bits per heavy atom. The molecule has 1 N–H and O–H groups in total. The Morgan fingerprint density at radius 3 is 3.11 bits per heavy atom. The van der Waals surface area contributed by atoms with Gasteiger partial charge in [0.05, 0.1) is 23.9 Å². The van der Waals surface area contributed by atoms with E-state index in [1.54, 1.807) is 11.9 Å². The molecule has 1 aliphatic rings. The summed E-state index contributed by atoms with van der Waals surface area (Å²) >= 11 is 1.67. The molecule has 4 nitrogen and oxygen atoms in total. The third kappa shape index (κ3) is 1.98. The Balaban J connectivity index is 2.29. The molecule has 0 atom stereocenters. The van der Waals surface area contributed by atoms with Crippen molar-refractivity contribution in [3.8, 4) is 0 Å². The second-order valence-corrected chi connectivity index (χ2v) is 5.46. The molecular weight excluding hydrogens is 260 g/mol. The first kappa shape index (κ1) is 12.4. The zero-order valence-electron chi connectivity index (χ0n) is 11.0. The molecule has 0 fully saturated rings. The lowest BCUT2D eigenvalue weighted by Gasteiger charge is -2.08. The number of hydrogen-bond donors (Lipinski definition) is 1. The van der Waals surface area contributed by atoms with E-state index in [-0.39, 0.29) is 5.97 Å². The minimum absolute atomic E-state index is 0.288. The van der Waals surface area contributed by atoms with Crippen LogP contribution in [0.15, 0.2) is 18.3 Å². The Bertz CT molecular complexity index is 648. The Labute approximate surface area is 116 Å². The molecule has 100 valence electrons. The third-order valence-electron chi connectivity index (χ3n) is 3.47. The van der Waals surface area contributed by atoms with Gasteiger partial charge in [-0.2, -0.15) is 0 Å². The van der Waals surface area contributed by atoms with Gasteiger partial charge in [-0.15, -0.1) is 0 Å². The quantitative estimate of drug-likeness (QED) is 0.676. The van der Waals surface area contributed by atoms with Crippen LogP contribution in [0.5, 0.6) is 0 Å². The number of carbonyl (C=O) groups excluding carboxylic acids is 1. The number of esters is 1. The highest BCUT2D eigenvalue weighted by molar-refractivity contribution is 8.00. The van der Waals surface area contributed by atoms with Crippen LogP contribution in [0.3, 0.4) is 0 Å². The van der Waals surface area contributed by atoms with Gasteiger partial charge in [0.2, 0.25) is 0 Å². The second-order valence-electron chi connectivity index (χ2n) is 4.56. The highest BCUT2D eigenvalue weighted by Crippen LogP contribution is 2.34. The first-order chi connectivity index (χ1) is 9.24. The van der Waals surface area contributed by atoms with Crippen LogP contribution in [0.1, 0.15) is 22.8 Å². The van der Waals surface area contributed by atoms with Crippen LogP contribution < -0.4 is 4.72 Å². The molecule has 2 heterocycles. The lowest BCUT2D eigenvalue weighted by atomic mass is 10.1. The average Bonchev–Trinajstić information content (AvgIpc) is 2.67. The number of nitrogens with one attached hydrogen (secondary N) is 1. The van der Waals surface area contributed by atoms with Gasteiger partial charge in [0.25, 0.3) is 0 Å².